The van der Waals surface area contributed by atoms with Crippen molar-refractivity contribution in [2.75, 3.05) is 6.54 Å². The molecule has 1 fully saturated rings. The van der Waals surface area contributed by atoms with Crippen LogP contribution in [0.3, 0.4) is 0 Å². The quantitative estimate of drug-likeness (QED) is 0.720. The highest BCUT2D eigenvalue weighted by molar-refractivity contribution is 7.09. The van der Waals surface area contributed by atoms with Gasteiger partial charge < -0.3 is 5.32 Å². The standard InChI is InChI=1S/C9H14N2S/c1-7-11-9(6-12-7)8-4-2-3-5-10-8/h6,8,10H,2-5H2,1H3/t8-/m0/s1. The average Bonchev–Trinajstić information content (AvgIpc) is 2.54. The van der Waals surface area contributed by atoms with Gasteiger partial charge in [-0.25, -0.2) is 4.98 Å². The van der Waals surface area contributed by atoms with Crippen molar-refractivity contribution in [3.63, 3.8) is 0 Å². The van der Waals surface area contributed by atoms with Gasteiger partial charge in [0.2, 0.25) is 0 Å². The molecule has 1 aliphatic rings. The largest absolute Gasteiger partial charge is 0.309 e. The molecule has 1 aliphatic heterocycles. The van der Waals surface area contributed by atoms with Crippen LogP contribution in [0, 0.1) is 6.92 Å². The van der Waals surface area contributed by atoms with Gasteiger partial charge in [-0.05, 0) is 26.3 Å². The Morgan fingerprint density at radius 1 is 1.58 bits per heavy atom. The number of hydrogen-bond acceptors (Lipinski definition) is 3. The smallest absolute Gasteiger partial charge is 0.0898 e. The van der Waals surface area contributed by atoms with Crippen molar-refractivity contribution in [2.45, 2.75) is 32.2 Å². The van der Waals surface area contributed by atoms with E-state index >= 15 is 0 Å². The fourth-order valence-electron chi connectivity index (χ4n) is 1.64. The highest BCUT2D eigenvalue weighted by atomic mass is 32.1. The van der Waals surface area contributed by atoms with E-state index in [0.29, 0.717) is 6.04 Å². The van der Waals surface area contributed by atoms with Gasteiger partial charge in [0.25, 0.3) is 0 Å². The summed E-state index contributed by atoms with van der Waals surface area (Å²) in [7, 11) is 0. The van der Waals surface area contributed by atoms with E-state index < -0.39 is 0 Å². The molecule has 0 saturated carbocycles. The van der Waals surface area contributed by atoms with Crippen LogP contribution in [0.5, 0.6) is 0 Å². The van der Waals surface area contributed by atoms with Gasteiger partial charge in [0.1, 0.15) is 0 Å². The Balaban J connectivity index is 2.08. The van der Waals surface area contributed by atoms with Gasteiger partial charge in [0.05, 0.1) is 16.7 Å². The molecule has 3 heteroatoms. The van der Waals surface area contributed by atoms with Crippen LogP contribution in [0.2, 0.25) is 0 Å². The maximum absolute atomic E-state index is 4.49. The lowest BCUT2D eigenvalue weighted by molar-refractivity contribution is 0.406. The molecule has 0 aromatic carbocycles. The third-order valence-electron chi connectivity index (χ3n) is 2.30. The van der Waals surface area contributed by atoms with Gasteiger partial charge in [-0.15, -0.1) is 11.3 Å². The van der Waals surface area contributed by atoms with Crippen LogP contribution in [0.25, 0.3) is 0 Å². The lowest BCUT2D eigenvalue weighted by Crippen LogP contribution is -2.26. The van der Waals surface area contributed by atoms with E-state index in [1.165, 1.54) is 30.0 Å². The summed E-state index contributed by atoms with van der Waals surface area (Å²) in [5.74, 6) is 0. The molecule has 12 heavy (non-hydrogen) atoms. The van der Waals surface area contributed by atoms with Crippen molar-refractivity contribution in [1.82, 2.24) is 10.3 Å². The fourth-order valence-corrected chi connectivity index (χ4v) is 2.31. The molecule has 1 saturated heterocycles. The van der Waals surface area contributed by atoms with E-state index in [1.807, 2.05) is 0 Å². The molecule has 0 unspecified atom stereocenters. The monoisotopic (exact) mass is 182 g/mol. The molecule has 1 aromatic heterocycles. The summed E-state index contributed by atoms with van der Waals surface area (Å²) in [5.41, 5.74) is 1.25. The van der Waals surface area contributed by atoms with Crippen LogP contribution in [-0.2, 0) is 0 Å². The summed E-state index contributed by atoms with van der Waals surface area (Å²) in [5, 5.41) is 6.85. The molecule has 0 aliphatic carbocycles. The lowest BCUT2D eigenvalue weighted by Gasteiger charge is -2.21. The van der Waals surface area contributed by atoms with Crippen molar-refractivity contribution in [3.05, 3.63) is 16.1 Å². The minimum Gasteiger partial charge on any atom is -0.309 e. The second kappa shape index (κ2) is 3.54. The zero-order valence-corrected chi connectivity index (χ0v) is 8.16. The van der Waals surface area contributed by atoms with Crippen LogP contribution in [-0.4, -0.2) is 11.5 Å². The average molecular weight is 182 g/mol. The predicted octanol–water partition coefficient (Wildman–Crippen LogP) is 2.27. The molecule has 2 heterocycles. The Kier molecular flexibility index (Phi) is 2.42. The topological polar surface area (TPSA) is 24.9 Å². The summed E-state index contributed by atoms with van der Waals surface area (Å²) >= 11 is 1.75. The fraction of sp³-hybridized carbons (Fsp3) is 0.667. The van der Waals surface area contributed by atoms with Crippen molar-refractivity contribution in [3.8, 4) is 0 Å². The van der Waals surface area contributed by atoms with Gasteiger partial charge in [-0.1, -0.05) is 6.42 Å². The number of rotatable bonds is 1. The van der Waals surface area contributed by atoms with Crippen molar-refractivity contribution >= 4 is 11.3 Å². The number of nitrogens with one attached hydrogen (secondary N) is 1. The second-order valence-electron chi connectivity index (χ2n) is 3.29. The molecule has 0 bridgehead atoms. The first kappa shape index (κ1) is 8.20. The summed E-state index contributed by atoms with van der Waals surface area (Å²) < 4.78 is 0. The number of aryl methyl sites for hydroxylation is 1. The van der Waals surface area contributed by atoms with E-state index in [1.54, 1.807) is 11.3 Å². The highest BCUT2D eigenvalue weighted by Gasteiger charge is 2.16. The number of aromatic nitrogens is 1. The molecule has 1 N–H and O–H groups in total. The van der Waals surface area contributed by atoms with Gasteiger partial charge in [0, 0.05) is 5.38 Å². The van der Waals surface area contributed by atoms with E-state index in [-0.39, 0.29) is 0 Å². The summed E-state index contributed by atoms with van der Waals surface area (Å²) in [4.78, 5) is 4.49. The van der Waals surface area contributed by atoms with E-state index in [0.717, 1.165) is 6.54 Å². The van der Waals surface area contributed by atoms with Crippen LogP contribution in [0.15, 0.2) is 5.38 Å². The maximum atomic E-state index is 4.49. The first-order valence-corrected chi connectivity index (χ1v) is 5.39. The number of hydrogen-bond donors (Lipinski definition) is 1. The van der Waals surface area contributed by atoms with Crippen molar-refractivity contribution < 1.29 is 0 Å². The molecular weight excluding hydrogens is 168 g/mol. The number of piperidine rings is 1. The lowest BCUT2D eigenvalue weighted by atomic mass is 10.0. The molecule has 1 aromatic rings. The molecule has 0 amide bonds. The molecule has 2 rings (SSSR count). The van der Waals surface area contributed by atoms with E-state index in [2.05, 4.69) is 22.6 Å². The minimum absolute atomic E-state index is 0.531. The normalized spacial score (nSPS) is 24.2. The Morgan fingerprint density at radius 2 is 2.50 bits per heavy atom. The summed E-state index contributed by atoms with van der Waals surface area (Å²) in [6.45, 7) is 3.22. The van der Waals surface area contributed by atoms with Crippen LogP contribution in [0.4, 0.5) is 0 Å². The Morgan fingerprint density at radius 3 is 3.08 bits per heavy atom. The van der Waals surface area contributed by atoms with Gasteiger partial charge in [0.15, 0.2) is 0 Å². The first-order chi connectivity index (χ1) is 5.86. The third kappa shape index (κ3) is 1.67. The van der Waals surface area contributed by atoms with Crippen molar-refractivity contribution in [1.29, 1.82) is 0 Å². The molecule has 66 valence electrons. The van der Waals surface area contributed by atoms with Crippen LogP contribution < -0.4 is 5.32 Å². The molecular formula is C9H14N2S. The summed E-state index contributed by atoms with van der Waals surface area (Å²) in [6, 6.07) is 0.531. The van der Waals surface area contributed by atoms with Gasteiger partial charge in [-0.2, -0.15) is 0 Å². The highest BCUT2D eigenvalue weighted by Crippen LogP contribution is 2.23. The predicted molar refractivity (Wildman–Crippen MR) is 51.4 cm³/mol. The SMILES string of the molecule is Cc1nc([C@@H]2CCCCN2)cs1. The molecule has 1 atom stereocenters. The van der Waals surface area contributed by atoms with Crippen LogP contribution in [0.1, 0.15) is 36.0 Å². The molecule has 0 spiro atoms. The van der Waals surface area contributed by atoms with Crippen molar-refractivity contribution in [2.24, 2.45) is 0 Å². The maximum Gasteiger partial charge on any atom is 0.0898 e. The Bertz CT molecular complexity index is 251. The third-order valence-corrected chi connectivity index (χ3v) is 3.10. The van der Waals surface area contributed by atoms with Crippen LogP contribution >= 0.6 is 11.3 Å². The van der Waals surface area contributed by atoms with E-state index in [4.69, 9.17) is 0 Å². The zero-order chi connectivity index (χ0) is 8.39. The number of nitrogens with zero attached hydrogens (tertiary/aromatic N) is 1. The first-order valence-electron chi connectivity index (χ1n) is 4.51. The van der Waals surface area contributed by atoms with Gasteiger partial charge in [-0.3, -0.25) is 0 Å². The number of thiazole rings is 1. The Labute approximate surface area is 77.0 Å². The minimum atomic E-state index is 0.531. The van der Waals surface area contributed by atoms with Gasteiger partial charge >= 0.3 is 0 Å². The zero-order valence-electron chi connectivity index (χ0n) is 7.34. The Hall–Kier alpha value is -0.410. The molecule has 0 radical (unpaired) electrons. The molecule has 2 nitrogen and oxygen atoms in total. The van der Waals surface area contributed by atoms with E-state index in [9.17, 15) is 0 Å². The summed E-state index contributed by atoms with van der Waals surface area (Å²) in [6.07, 6.45) is 3.91. The second-order valence-corrected chi connectivity index (χ2v) is 4.36.